The van der Waals surface area contributed by atoms with E-state index in [1.165, 1.54) is 4.90 Å². The van der Waals surface area contributed by atoms with Crippen molar-refractivity contribution >= 4 is 11.9 Å². The molecule has 1 saturated carbocycles. The summed E-state index contributed by atoms with van der Waals surface area (Å²) in [6, 6.07) is 1.04. The molecule has 1 aliphatic carbocycles. The Morgan fingerprint density at radius 3 is 2.54 bits per heavy atom. The summed E-state index contributed by atoms with van der Waals surface area (Å²) in [5.74, 6) is -2.49. The first-order chi connectivity index (χ1) is 11.2. The maximum absolute atomic E-state index is 13.1. The van der Waals surface area contributed by atoms with Crippen molar-refractivity contribution in [2.45, 2.75) is 31.9 Å². The molecule has 3 rings (SSSR count). The third kappa shape index (κ3) is 2.74. The van der Waals surface area contributed by atoms with Crippen molar-refractivity contribution in [3.8, 4) is 0 Å². The predicted octanol–water partition coefficient (Wildman–Crippen LogP) is 2.82. The van der Waals surface area contributed by atoms with Gasteiger partial charge in [0.05, 0.1) is 17.0 Å². The first-order valence-corrected chi connectivity index (χ1v) is 7.78. The number of alkyl halides is 3. The number of carboxylic acids is 1. The Bertz CT molecular complexity index is 669. The zero-order chi connectivity index (χ0) is 17.5. The highest BCUT2D eigenvalue weighted by Crippen LogP contribution is 2.49. The van der Waals surface area contributed by atoms with Crippen LogP contribution in [0.15, 0.2) is 18.5 Å². The van der Waals surface area contributed by atoms with Crippen LogP contribution >= 0.6 is 0 Å². The fourth-order valence-corrected chi connectivity index (χ4v) is 4.03. The molecule has 1 atom stereocenters. The van der Waals surface area contributed by atoms with Crippen LogP contribution in [-0.4, -0.2) is 40.0 Å². The molecule has 24 heavy (non-hydrogen) atoms. The number of carboxylic acid groups (broad SMARTS) is 1. The van der Waals surface area contributed by atoms with Gasteiger partial charge in [0.15, 0.2) is 0 Å². The second-order valence-electron chi connectivity index (χ2n) is 6.56. The number of aromatic nitrogens is 1. The molecule has 1 spiro atoms. The summed E-state index contributed by atoms with van der Waals surface area (Å²) in [4.78, 5) is 28.9. The number of aliphatic carboxylic acids is 1. The monoisotopic (exact) mass is 342 g/mol. The maximum atomic E-state index is 13.1. The van der Waals surface area contributed by atoms with Crippen LogP contribution in [0.4, 0.5) is 13.2 Å². The molecule has 5 nitrogen and oxygen atoms in total. The molecule has 1 aromatic heterocycles. The van der Waals surface area contributed by atoms with E-state index in [0.29, 0.717) is 19.0 Å². The summed E-state index contributed by atoms with van der Waals surface area (Å²) < 4.78 is 39.3. The van der Waals surface area contributed by atoms with Crippen molar-refractivity contribution in [1.29, 1.82) is 0 Å². The smallest absolute Gasteiger partial charge is 0.418 e. The molecule has 2 fully saturated rings. The molecule has 1 N–H and O–H groups in total. The van der Waals surface area contributed by atoms with Gasteiger partial charge in [0.25, 0.3) is 5.91 Å². The van der Waals surface area contributed by atoms with E-state index in [2.05, 4.69) is 4.98 Å². The summed E-state index contributed by atoms with van der Waals surface area (Å²) >= 11 is 0. The molecule has 1 aromatic rings. The average molecular weight is 342 g/mol. The van der Waals surface area contributed by atoms with Gasteiger partial charge in [-0.25, -0.2) is 0 Å². The second kappa shape index (κ2) is 5.75. The molecule has 2 aliphatic rings. The highest BCUT2D eigenvalue weighted by molar-refractivity contribution is 5.96. The van der Waals surface area contributed by atoms with Crippen molar-refractivity contribution in [3.63, 3.8) is 0 Å². The highest BCUT2D eigenvalue weighted by Gasteiger charge is 2.53. The third-order valence-corrected chi connectivity index (χ3v) is 5.19. The molecule has 1 unspecified atom stereocenters. The minimum absolute atomic E-state index is 0.0478. The summed E-state index contributed by atoms with van der Waals surface area (Å²) in [7, 11) is 0. The lowest BCUT2D eigenvalue weighted by Gasteiger charge is -2.27. The Morgan fingerprint density at radius 2 is 1.96 bits per heavy atom. The van der Waals surface area contributed by atoms with E-state index in [0.717, 1.165) is 25.1 Å². The zero-order valence-electron chi connectivity index (χ0n) is 12.8. The van der Waals surface area contributed by atoms with E-state index >= 15 is 0 Å². The molecule has 8 heteroatoms. The first kappa shape index (κ1) is 16.7. The van der Waals surface area contributed by atoms with Crippen LogP contribution in [0, 0.1) is 11.3 Å². The van der Waals surface area contributed by atoms with E-state index in [9.17, 15) is 27.9 Å². The normalized spacial score (nSPS) is 23.0. The molecule has 130 valence electrons. The molecular formula is C16H17F3N2O3. The molecule has 1 saturated heterocycles. The number of hydrogen-bond acceptors (Lipinski definition) is 3. The van der Waals surface area contributed by atoms with Crippen LogP contribution in [0.2, 0.25) is 0 Å². The van der Waals surface area contributed by atoms with Gasteiger partial charge in [0.1, 0.15) is 0 Å². The van der Waals surface area contributed by atoms with Gasteiger partial charge in [-0.05, 0) is 18.9 Å². The Labute approximate surface area is 136 Å². The number of halogens is 3. The lowest BCUT2D eigenvalue weighted by atomic mass is 9.76. The van der Waals surface area contributed by atoms with Crippen molar-refractivity contribution in [3.05, 3.63) is 29.6 Å². The number of likely N-dealkylation sites (tertiary alicyclic amines) is 1. The van der Waals surface area contributed by atoms with Gasteiger partial charge in [-0.1, -0.05) is 12.8 Å². The third-order valence-electron chi connectivity index (χ3n) is 5.19. The number of amides is 1. The van der Waals surface area contributed by atoms with Gasteiger partial charge in [0, 0.05) is 30.9 Å². The lowest BCUT2D eigenvalue weighted by Crippen LogP contribution is -2.33. The summed E-state index contributed by atoms with van der Waals surface area (Å²) in [6.45, 7) is 0.149. The Morgan fingerprint density at radius 1 is 1.29 bits per heavy atom. The average Bonchev–Trinajstić information content (AvgIpc) is 3.14. The van der Waals surface area contributed by atoms with Crippen LogP contribution in [-0.2, 0) is 11.0 Å². The number of rotatable bonds is 2. The van der Waals surface area contributed by atoms with E-state index in [-0.39, 0.29) is 13.1 Å². The van der Waals surface area contributed by atoms with Gasteiger partial charge in [-0.15, -0.1) is 0 Å². The first-order valence-electron chi connectivity index (χ1n) is 7.78. The second-order valence-corrected chi connectivity index (χ2v) is 6.56. The standard InChI is InChI=1S/C16H17F3N2O3/c17-16(18,19)11-7-20-6-3-10(11)13(22)21-8-12(14(23)24)15(9-21)4-1-2-5-15/h3,6-7,12H,1-2,4-5,8-9H2,(H,23,24). The van der Waals surface area contributed by atoms with Crippen LogP contribution < -0.4 is 0 Å². The topological polar surface area (TPSA) is 70.5 Å². The quantitative estimate of drug-likeness (QED) is 0.897. The van der Waals surface area contributed by atoms with Crippen LogP contribution in [0.25, 0.3) is 0 Å². The number of carbonyl (C=O) groups excluding carboxylic acids is 1. The largest absolute Gasteiger partial charge is 0.481 e. The fourth-order valence-electron chi connectivity index (χ4n) is 4.03. The lowest BCUT2D eigenvalue weighted by molar-refractivity contribution is -0.144. The van der Waals surface area contributed by atoms with Gasteiger partial charge >= 0.3 is 12.1 Å². The van der Waals surface area contributed by atoms with Gasteiger partial charge in [0.2, 0.25) is 0 Å². The van der Waals surface area contributed by atoms with E-state index in [4.69, 9.17) is 0 Å². The minimum atomic E-state index is -4.68. The van der Waals surface area contributed by atoms with E-state index in [1.54, 1.807) is 0 Å². The predicted molar refractivity (Wildman–Crippen MR) is 77.2 cm³/mol. The minimum Gasteiger partial charge on any atom is -0.481 e. The van der Waals surface area contributed by atoms with Crippen LogP contribution in [0.1, 0.15) is 41.6 Å². The van der Waals surface area contributed by atoms with Gasteiger partial charge in [-0.2, -0.15) is 13.2 Å². The Balaban J connectivity index is 1.91. The van der Waals surface area contributed by atoms with Crippen molar-refractivity contribution in [2.24, 2.45) is 11.3 Å². The molecule has 0 radical (unpaired) electrons. The highest BCUT2D eigenvalue weighted by atomic mass is 19.4. The summed E-state index contributed by atoms with van der Waals surface area (Å²) in [5.41, 5.74) is -2.07. The van der Waals surface area contributed by atoms with E-state index < -0.39 is 40.5 Å². The zero-order valence-corrected chi connectivity index (χ0v) is 12.8. The van der Waals surface area contributed by atoms with Crippen LogP contribution in [0.5, 0.6) is 0 Å². The molecule has 2 heterocycles. The number of carbonyl (C=O) groups is 2. The SMILES string of the molecule is O=C(O)C1CN(C(=O)c2ccncc2C(F)(F)F)CC12CCCC2. The Kier molecular flexibility index (Phi) is 4.01. The summed E-state index contributed by atoms with van der Waals surface area (Å²) in [6.07, 6.45) is 0.230. The molecule has 1 aliphatic heterocycles. The van der Waals surface area contributed by atoms with Crippen molar-refractivity contribution < 1.29 is 27.9 Å². The van der Waals surface area contributed by atoms with Crippen molar-refractivity contribution in [2.75, 3.05) is 13.1 Å². The van der Waals surface area contributed by atoms with Crippen LogP contribution in [0.3, 0.4) is 0 Å². The molecule has 0 aromatic carbocycles. The molecule has 0 bridgehead atoms. The molecular weight excluding hydrogens is 325 g/mol. The maximum Gasteiger partial charge on any atom is 0.418 e. The van der Waals surface area contributed by atoms with E-state index in [1.807, 2.05) is 0 Å². The van der Waals surface area contributed by atoms with Gasteiger partial charge in [-0.3, -0.25) is 14.6 Å². The van der Waals surface area contributed by atoms with Gasteiger partial charge < -0.3 is 10.0 Å². The molecule has 1 amide bonds. The summed E-state index contributed by atoms with van der Waals surface area (Å²) in [5, 5.41) is 9.46. The Hall–Kier alpha value is -2.12. The van der Waals surface area contributed by atoms with Crippen molar-refractivity contribution in [1.82, 2.24) is 9.88 Å². The fraction of sp³-hybridized carbons (Fsp3) is 0.562. The number of hydrogen-bond donors (Lipinski definition) is 1. The number of nitrogens with zero attached hydrogens (tertiary/aromatic N) is 2. The number of pyridine rings is 1.